The fraction of sp³-hybridized carbons (Fsp3) is 0.400. The van der Waals surface area contributed by atoms with E-state index in [1.165, 1.54) is 42.0 Å². The molecule has 1 aromatic carbocycles. The van der Waals surface area contributed by atoms with E-state index in [4.69, 9.17) is 11.6 Å². The number of hydrogen-bond acceptors (Lipinski definition) is 1. The normalized spacial score (nSPS) is 27.4. The largest absolute Gasteiger partial charge is 0.257 e. The van der Waals surface area contributed by atoms with Crippen LogP contribution in [-0.2, 0) is 0 Å². The summed E-state index contributed by atoms with van der Waals surface area (Å²) < 4.78 is 0. The van der Waals surface area contributed by atoms with Gasteiger partial charge in [-0.2, -0.15) is 0 Å². The summed E-state index contributed by atoms with van der Waals surface area (Å²) in [4.78, 5) is 4.10. The first kappa shape index (κ1) is 11.0. The summed E-state index contributed by atoms with van der Waals surface area (Å²) in [6, 6.07) is 8.21. The molecule has 1 atom stereocenters. The van der Waals surface area contributed by atoms with Crippen molar-refractivity contribution < 1.29 is 0 Å². The minimum atomic E-state index is -0.575. The Kier molecular flexibility index (Phi) is 2.59. The second-order valence-electron chi connectivity index (χ2n) is 4.99. The third-order valence-corrected chi connectivity index (χ3v) is 3.93. The molecule has 1 fully saturated rings. The molecule has 2 heteroatoms. The van der Waals surface area contributed by atoms with Crippen molar-refractivity contribution in [2.45, 2.75) is 37.6 Å². The van der Waals surface area contributed by atoms with Crippen molar-refractivity contribution >= 4 is 17.7 Å². The van der Waals surface area contributed by atoms with E-state index < -0.39 is 5.00 Å². The van der Waals surface area contributed by atoms with E-state index in [1.807, 2.05) is 19.1 Å². The Bertz CT molecular complexity index is 588. The molecule has 88 valence electrons. The molecule has 1 aromatic rings. The van der Waals surface area contributed by atoms with Gasteiger partial charge >= 0.3 is 0 Å². The van der Waals surface area contributed by atoms with Crippen molar-refractivity contribution in [2.24, 2.45) is 4.99 Å². The standard InChI is InChI=1S/C15H16ClN/c1-15(16)13(11-6-2-3-7-11)10-12-8-4-5-9-14(12)17-15/h4-5,8-10H,2-3,6-7H2,1H3. The zero-order chi connectivity index (χ0) is 11.9. The summed E-state index contributed by atoms with van der Waals surface area (Å²) in [5.41, 5.74) is 2.73. The molecule has 1 heterocycles. The van der Waals surface area contributed by atoms with E-state index in [0.717, 1.165) is 5.36 Å². The van der Waals surface area contributed by atoms with Crippen molar-refractivity contribution in [3.8, 4) is 0 Å². The predicted octanol–water partition coefficient (Wildman–Crippen LogP) is 2.93. The molecule has 1 unspecified atom stereocenters. The minimum absolute atomic E-state index is 0.575. The molecule has 0 aromatic heterocycles. The van der Waals surface area contributed by atoms with Crippen molar-refractivity contribution in [2.75, 3.05) is 0 Å². The maximum Gasteiger partial charge on any atom is 0.156 e. The molecule has 0 N–H and O–H groups in total. The van der Waals surface area contributed by atoms with E-state index in [2.05, 4.69) is 23.2 Å². The first-order chi connectivity index (χ1) is 8.17. The van der Waals surface area contributed by atoms with Crippen molar-refractivity contribution in [3.63, 3.8) is 0 Å². The fourth-order valence-electron chi connectivity index (χ4n) is 2.78. The average Bonchev–Trinajstić information content (AvgIpc) is 2.80. The average molecular weight is 246 g/mol. The zero-order valence-corrected chi connectivity index (χ0v) is 10.8. The molecular weight excluding hydrogens is 230 g/mol. The third kappa shape index (κ3) is 1.93. The summed E-state index contributed by atoms with van der Waals surface area (Å²) in [6.07, 6.45) is 7.19. The highest BCUT2D eigenvalue weighted by Crippen LogP contribution is 2.37. The van der Waals surface area contributed by atoms with Gasteiger partial charge in [-0.15, -0.1) is 0 Å². The second-order valence-corrected chi connectivity index (χ2v) is 5.73. The number of fused-ring (bicyclic) bond motifs is 1. The number of rotatable bonds is 0. The molecule has 3 rings (SSSR count). The third-order valence-electron chi connectivity index (χ3n) is 3.65. The van der Waals surface area contributed by atoms with Gasteiger partial charge in [-0.3, -0.25) is 4.99 Å². The van der Waals surface area contributed by atoms with Crippen LogP contribution in [0.15, 0.2) is 40.4 Å². The number of hydrogen-bond donors (Lipinski definition) is 0. The molecule has 0 bridgehead atoms. The van der Waals surface area contributed by atoms with Crippen LogP contribution < -0.4 is 10.6 Å². The van der Waals surface area contributed by atoms with Gasteiger partial charge in [0, 0.05) is 5.22 Å². The number of alkyl halides is 1. The van der Waals surface area contributed by atoms with Gasteiger partial charge in [0.2, 0.25) is 0 Å². The molecule has 1 saturated carbocycles. The van der Waals surface area contributed by atoms with Crippen LogP contribution in [0.4, 0.5) is 0 Å². The number of halogens is 1. The van der Waals surface area contributed by atoms with E-state index in [-0.39, 0.29) is 0 Å². The van der Waals surface area contributed by atoms with Gasteiger partial charge < -0.3 is 0 Å². The fourth-order valence-corrected chi connectivity index (χ4v) is 3.06. The Morgan fingerprint density at radius 1 is 1.18 bits per heavy atom. The van der Waals surface area contributed by atoms with Gasteiger partial charge in [0.05, 0.1) is 5.36 Å². The van der Waals surface area contributed by atoms with Gasteiger partial charge in [-0.05, 0) is 50.3 Å². The van der Waals surface area contributed by atoms with Crippen LogP contribution in [0.2, 0.25) is 0 Å². The molecule has 1 nitrogen and oxygen atoms in total. The highest BCUT2D eigenvalue weighted by atomic mass is 35.5. The lowest BCUT2D eigenvalue weighted by Gasteiger charge is -2.24. The highest BCUT2D eigenvalue weighted by Gasteiger charge is 2.29. The van der Waals surface area contributed by atoms with Gasteiger partial charge in [0.25, 0.3) is 0 Å². The minimum Gasteiger partial charge on any atom is -0.257 e. The molecule has 0 spiro atoms. The second kappa shape index (κ2) is 3.99. The Balaban J connectivity index is 2.26. The van der Waals surface area contributed by atoms with Crippen LogP contribution in [0, 0.1) is 0 Å². The summed E-state index contributed by atoms with van der Waals surface area (Å²) >= 11 is 6.59. The summed E-state index contributed by atoms with van der Waals surface area (Å²) in [5.74, 6) is 0. The predicted molar refractivity (Wildman–Crippen MR) is 71.4 cm³/mol. The summed E-state index contributed by atoms with van der Waals surface area (Å²) in [6.45, 7) is 2.00. The Morgan fingerprint density at radius 3 is 2.65 bits per heavy atom. The first-order valence-corrected chi connectivity index (χ1v) is 6.63. The number of para-hydroxylation sites is 1. The summed E-state index contributed by atoms with van der Waals surface area (Å²) in [5, 5.41) is 2.20. The van der Waals surface area contributed by atoms with E-state index in [9.17, 15) is 0 Å². The smallest absolute Gasteiger partial charge is 0.156 e. The van der Waals surface area contributed by atoms with Gasteiger partial charge in [-0.25, -0.2) is 0 Å². The Labute approximate surface area is 107 Å². The number of allylic oxidation sites excluding steroid dienone is 1. The molecule has 1 aliphatic carbocycles. The van der Waals surface area contributed by atoms with Gasteiger partial charge in [0.1, 0.15) is 0 Å². The maximum atomic E-state index is 6.59. The lowest BCUT2D eigenvalue weighted by molar-refractivity contribution is 0.748. The number of benzene rings is 1. The number of nitrogens with zero attached hydrogens (tertiary/aromatic N) is 1. The van der Waals surface area contributed by atoms with Crippen molar-refractivity contribution in [1.29, 1.82) is 0 Å². The molecular formula is C15H16ClN. The molecule has 0 radical (unpaired) electrons. The van der Waals surface area contributed by atoms with Crippen molar-refractivity contribution in [1.82, 2.24) is 0 Å². The van der Waals surface area contributed by atoms with Crippen LogP contribution in [0.25, 0.3) is 6.08 Å². The molecule has 0 saturated heterocycles. The van der Waals surface area contributed by atoms with Crippen LogP contribution in [-0.4, -0.2) is 5.00 Å². The van der Waals surface area contributed by atoms with Crippen LogP contribution in [0.1, 0.15) is 32.6 Å². The molecule has 0 amide bonds. The van der Waals surface area contributed by atoms with Gasteiger partial charge in [0.15, 0.2) is 5.00 Å². The van der Waals surface area contributed by atoms with Crippen LogP contribution >= 0.6 is 11.6 Å². The topological polar surface area (TPSA) is 12.4 Å². The highest BCUT2D eigenvalue weighted by molar-refractivity contribution is 6.26. The Morgan fingerprint density at radius 2 is 1.88 bits per heavy atom. The Hall–Kier alpha value is -1.08. The van der Waals surface area contributed by atoms with Crippen LogP contribution in [0.3, 0.4) is 0 Å². The van der Waals surface area contributed by atoms with Crippen molar-refractivity contribution in [3.05, 3.63) is 46.0 Å². The zero-order valence-electron chi connectivity index (χ0n) is 10.0. The lowest BCUT2D eigenvalue weighted by atomic mass is 9.96. The van der Waals surface area contributed by atoms with Crippen LogP contribution in [0.5, 0.6) is 0 Å². The molecule has 1 aliphatic heterocycles. The maximum absolute atomic E-state index is 6.59. The molecule has 17 heavy (non-hydrogen) atoms. The van der Waals surface area contributed by atoms with E-state index in [0.29, 0.717) is 0 Å². The molecule has 2 aliphatic rings. The van der Waals surface area contributed by atoms with Gasteiger partial charge in [-0.1, -0.05) is 35.4 Å². The quantitative estimate of drug-likeness (QED) is 0.492. The van der Waals surface area contributed by atoms with E-state index in [1.54, 1.807) is 0 Å². The lowest BCUT2D eigenvalue weighted by Crippen LogP contribution is -2.35. The first-order valence-electron chi connectivity index (χ1n) is 6.25. The van der Waals surface area contributed by atoms with E-state index >= 15 is 0 Å². The summed E-state index contributed by atoms with van der Waals surface area (Å²) in [7, 11) is 0. The monoisotopic (exact) mass is 245 g/mol. The SMILES string of the molecule is CC1(Cl)N=c2ccccc2=CC1=C1CCCC1.